The molecule has 2 saturated heterocycles. The van der Waals surface area contributed by atoms with Crippen LogP contribution in [0.2, 0.25) is 0 Å². The Morgan fingerprint density at radius 2 is 2.04 bits per heavy atom. The Labute approximate surface area is 171 Å². The molecule has 2 aliphatic rings. The lowest BCUT2D eigenvalue weighted by atomic mass is 10.1. The molecule has 0 spiro atoms. The van der Waals surface area contributed by atoms with Crippen LogP contribution in [0.3, 0.4) is 0 Å². The van der Waals surface area contributed by atoms with Crippen molar-refractivity contribution in [3.8, 4) is 5.75 Å². The van der Waals surface area contributed by atoms with Gasteiger partial charge in [0.15, 0.2) is 5.96 Å². The molecule has 1 aromatic carbocycles. The van der Waals surface area contributed by atoms with Crippen molar-refractivity contribution in [3.63, 3.8) is 0 Å². The number of aryl methyl sites for hydroxylation is 1. The summed E-state index contributed by atoms with van der Waals surface area (Å²) < 4.78 is 5.45. The third kappa shape index (κ3) is 5.87. The molecule has 5 heteroatoms. The minimum absolute atomic E-state index is 0.781. The molecule has 156 valence electrons. The lowest BCUT2D eigenvalue weighted by Crippen LogP contribution is -2.41. The van der Waals surface area contributed by atoms with Gasteiger partial charge < -0.3 is 19.9 Å². The lowest BCUT2D eigenvalue weighted by molar-refractivity contribution is 0.198. The summed E-state index contributed by atoms with van der Waals surface area (Å²) in [5, 5.41) is 3.50. The second kappa shape index (κ2) is 10.7. The van der Waals surface area contributed by atoms with Crippen LogP contribution in [0.1, 0.15) is 43.7 Å². The number of likely N-dealkylation sites (tertiary alicyclic amines) is 2. The molecule has 28 heavy (non-hydrogen) atoms. The van der Waals surface area contributed by atoms with Crippen molar-refractivity contribution < 1.29 is 4.74 Å². The average Bonchev–Trinajstić information content (AvgIpc) is 3.17. The van der Waals surface area contributed by atoms with E-state index in [1.165, 1.54) is 56.4 Å². The van der Waals surface area contributed by atoms with E-state index >= 15 is 0 Å². The van der Waals surface area contributed by atoms with Crippen LogP contribution in [0.15, 0.2) is 23.2 Å². The molecule has 0 radical (unpaired) electrons. The van der Waals surface area contributed by atoms with Gasteiger partial charge in [0.05, 0.1) is 7.11 Å². The van der Waals surface area contributed by atoms with Crippen molar-refractivity contribution in [2.75, 3.05) is 52.9 Å². The van der Waals surface area contributed by atoms with Crippen LogP contribution in [0, 0.1) is 12.8 Å². The highest BCUT2D eigenvalue weighted by molar-refractivity contribution is 5.80. The zero-order valence-electron chi connectivity index (χ0n) is 18.0. The van der Waals surface area contributed by atoms with E-state index in [0.29, 0.717) is 0 Å². The molecular formula is C23H38N4O. The molecule has 0 saturated carbocycles. The average molecular weight is 387 g/mol. The summed E-state index contributed by atoms with van der Waals surface area (Å²) in [6.45, 7) is 12.1. The molecule has 2 aliphatic heterocycles. The molecule has 2 fully saturated rings. The number of nitrogens with zero attached hydrogens (tertiary/aromatic N) is 3. The maximum Gasteiger partial charge on any atom is 0.193 e. The highest BCUT2D eigenvalue weighted by Gasteiger charge is 2.26. The highest BCUT2D eigenvalue weighted by atomic mass is 16.5. The molecular weight excluding hydrogens is 348 g/mol. The SMILES string of the molecule is CCNC(=NCCc1ccc(C)c(OC)c1)N1CCC(CN2CCCCC2)C1. The summed E-state index contributed by atoms with van der Waals surface area (Å²) in [7, 11) is 1.74. The maximum absolute atomic E-state index is 5.45. The van der Waals surface area contributed by atoms with E-state index in [2.05, 4.69) is 47.2 Å². The van der Waals surface area contributed by atoms with Crippen LogP contribution in [0.5, 0.6) is 5.75 Å². The van der Waals surface area contributed by atoms with Gasteiger partial charge in [-0.2, -0.15) is 0 Å². The lowest BCUT2D eigenvalue weighted by Gasteiger charge is -2.29. The van der Waals surface area contributed by atoms with E-state index in [1.807, 2.05) is 0 Å². The van der Waals surface area contributed by atoms with E-state index in [4.69, 9.17) is 9.73 Å². The van der Waals surface area contributed by atoms with Crippen molar-refractivity contribution in [2.45, 2.75) is 46.0 Å². The normalized spacial score (nSPS) is 21.2. The summed E-state index contributed by atoms with van der Waals surface area (Å²) in [5.74, 6) is 2.83. The zero-order valence-corrected chi connectivity index (χ0v) is 18.0. The second-order valence-electron chi connectivity index (χ2n) is 8.25. The third-order valence-electron chi connectivity index (χ3n) is 6.02. The summed E-state index contributed by atoms with van der Waals surface area (Å²) in [4.78, 5) is 10.1. The standard InChI is InChI=1S/C23H38N4O/c1-4-24-23(25-12-10-20-9-8-19(2)22(16-20)28-3)27-15-11-21(18-27)17-26-13-6-5-7-14-26/h8-9,16,21H,4-7,10-15,17-18H2,1-3H3,(H,24,25). The number of hydrogen-bond acceptors (Lipinski definition) is 3. The van der Waals surface area contributed by atoms with Crippen molar-refractivity contribution in [1.82, 2.24) is 15.1 Å². The molecule has 1 atom stereocenters. The second-order valence-corrected chi connectivity index (χ2v) is 8.25. The number of rotatable bonds is 7. The van der Waals surface area contributed by atoms with E-state index in [1.54, 1.807) is 7.11 Å². The number of nitrogens with one attached hydrogen (secondary N) is 1. The van der Waals surface area contributed by atoms with Gasteiger partial charge in [0, 0.05) is 32.7 Å². The molecule has 0 amide bonds. The Bertz CT molecular complexity index is 639. The monoisotopic (exact) mass is 386 g/mol. The van der Waals surface area contributed by atoms with Gasteiger partial charge in [-0.1, -0.05) is 18.6 Å². The molecule has 0 aromatic heterocycles. The van der Waals surface area contributed by atoms with Gasteiger partial charge >= 0.3 is 0 Å². The molecule has 1 unspecified atom stereocenters. The summed E-state index contributed by atoms with van der Waals surface area (Å²) >= 11 is 0. The minimum Gasteiger partial charge on any atom is -0.496 e. The fourth-order valence-corrected chi connectivity index (χ4v) is 4.42. The quantitative estimate of drug-likeness (QED) is 0.576. The van der Waals surface area contributed by atoms with Crippen LogP contribution in [-0.2, 0) is 6.42 Å². The Kier molecular flexibility index (Phi) is 8.01. The largest absolute Gasteiger partial charge is 0.496 e. The van der Waals surface area contributed by atoms with Gasteiger partial charge in [0.25, 0.3) is 0 Å². The smallest absolute Gasteiger partial charge is 0.193 e. The maximum atomic E-state index is 5.45. The Morgan fingerprint density at radius 1 is 1.21 bits per heavy atom. The van der Waals surface area contributed by atoms with Gasteiger partial charge in [0.1, 0.15) is 5.75 Å². The minimum atomic E-state index is 0.781. The highest BCUT2D eigenvalue weighted by Crippen LogP contribution is 2.21. The number of piperidine rings is 1. The molecule has 2 heterocycles. The molecule has 1 N–H and O–H groups in total. The Balaban J connectivity index is 1.52. The van der Waals surface area contributed by atoms with E-state index in [9.17, 15) is 0 Å². The molecule has 1 aromatic rings. The van der Waals surface area contributed by atoms with E-state index in [0.717, 1.165) is 50.2 Å². The zero-order chi connectivity index (χ0) is 19.8. The summed E-state index contributed by atoms with van der Waals surface area (Å²) in [6, 6.07) is 6.46. The molecule has 0 aliphatic carbocycles. The van der Waals surface area contributed by atoms with Gasteiger partial charge in [-0.15, -0.1) is 0 Å². The number of aliphatic imine (C=N–C) groups is 1. The first-order chi connectivity index (χ1) is 13.7. The van der Waals surface area contributed by atoms with Crippen LogP contribution in [0.25, 0.3) is 0 Å². The predicted octanol–water partition coefficient (Wildman–Crippen LogP) is 3.32. The number of methoxy groups -OCH3 is 1. The Morgan fingerprint density at radius 3 is 2.79 bits per heavy atom. The summed E-state index contributed by atoms with van der Waals surface area (Å²) in [5.41, 5.74) is 2.46. The topological polar surface area (TPSA) is 40.1 Å². The Hall–Kier alpha value is -1.75. The first-order valence-corrected chi connectivity index (χ1v) is 11.1. The third-order valence-corrected chi connectivity index (χ3v) is 6.02. The van der Waals surface area contributed by atoms with Gasteiger partial charge in [-0.25, -0.2) is 0 Å². The van der Waals surface area contributed by atoms with E-state index < -0.39 is 0 Å². The van der Waals surface area contributed by atoms with Crippen LogP contribution < -0.4 is 10.1 Å². The van der Waals surface area contributed by atoms with Crippen molar-refractivity contribution in [3.05, 3.63) is 29.3 Å². The first kappa shape index (κ1) is 21.0. The van der Waals surface area contributed by atoms with Crippen molar-refractivity contribution in [2.24, 2.45) is 10.9 Å². The predicted molar refractivity (Wildman–Crippen MR) is 117 cm³/mol. The fraction of sp³-hybridized carbons (Fsp3) is 0.696. The molecule has 0 bridgehead atoms. The fourth-order valence-electron chi connectivity index (χ4n) is 4.42. The first-order valence-electron chi connectivity index (χ1n) is 11.1. The number of hydrogen-bond donors (Lipinski definition) is 1. The number of benzene rings is 1. The van der Waals surface area contributed by atoms with Crippen LogP contribution in [-0.4, -0.2) is 68.7 Å². The van der Waals surface area contributed by atoms with Gasteiger partial charge in [0.2, 0.25) is 0 Å². The number of guanidine groups is 1. The number of ether oxygens (including phenoxy) is 1. The molecule has 5 nitrogen and oxygen atoms in total. The molecule has 3 rings (SSSR count). The van der Waals surface area contributed by atoms with Crippen LogP contribution >= 0.6 is 0 Å². The summed E-state index contributed by atoms with van der Waals surface area (Å²) in [6.07, 6.45) is 6.40. The van der Waals surface area contributed by atoms with Crippen LogP contribution in [0.4, 0.5) is 0 Å². The van der Waals surface area contributed by atoms with Crippen molar-refractivity contribution in [1.29, 1.82) is 0 Å². The van der Waals surface area contributed by atoms with Gasteiger partial charge in [-0.3, -0.25) is 4.99 Å². The van der Waals surface area contributed by atoms with Gasteiger partial charge in [-0.05, 0) is 75.7 Å². The van der Waals surface area contributed by atoms with E-state index in [-0.39, 0.29) is 0 Å². The van der Waals surface area contributed by atoms with Crippen molar-refractivity contribution >= 4 is 5.96 Å².